The number of nitrogens with zero attached hydrogens (tertiary/aromatic N) is 2. The second-order valence-corrected chi connectivity index (χ2v) is 8.31. The Bertz CT molecular complexity index is 1800. The third-order valence-corrected chi connectivity index (χ3v) is 6.03. The predicted octanol–water partition coefficient (Wildman–Crippen LogP) is 3.60. The lowest BCUT2D eigenvalue weighted by Crippen LogP contribution is -2.11. The highest BCUT2D eigenvalue weighted by Crippen LogP contribution is 2.40. The van der Waals surface area contributed by atoms with Gasteiger partial charge in [0, 0.05) is 34.7 Å². The zero-order chi connectivity index (χ0) is 26.6. The van der Waals surface area contributed by atoms with Crippen LogP contribution < -0.4 is 26.1 Å². The fraction of sp³-hybridized carbons (Fsp3) is 0.103. The Balaban J connectivity index is 1.79. The van der Waals surface area contributed by atoms with Gasteiger partial charge in [-0.3, -0.25) is 14.6 Å². The molecule has 5 rings (SSSR count). The molecule has 188 valence electrons. The average molecular weight is 506 g/mol. The number of hydrogen-bond donors (Lipinski definition) is 3. The number of para-hydroxylation sites is 1. The molecule has 0 fully saturated rings. The highest BCUT2D eigenvalue weighted by atomic mass is 16.5. The van der Waals surface area contributed by atoms with Crippen LogP contribution in [0.3, 0.4) is 0 Å². The number of nitrogens with two attached hydrogens (primary N) is 1. The first-order chi connectivity index (χ1) is 18.5. The van der Waals surface area contributed by atoms with E-state index in [1.54, 1.807) is 20.4 Å². The number of fused-ring (bicyclic) bond motifs is 3. The smallest absolute Gasteiger partial charge is 0.293 e. The van der Waals surface area contributed by atoms with Crippen molar-refractivity contribution >= 4 is 33.4 Å². The van der Waals surface area contributed by atoms with Gasteiger partial charge in [-0.15, -0.1) is 0 Å². The maximum Gasteiger partial charge on any atom is 0.293 e. The molecule has 9 heteroatoms. The quantitative estimate of drug-likeness (QED) is 0.237. The molecule has 0 spiro atoms. The first kappa shape index (κ1) is 24.3. The Morgan fingerprint density at radius 1 is 1.08 bits per heavy atom. The molecule has 0 atom stereocenters. The largest absolute Gasteiger partial charge is 0.493 e. The van der Waals surface area contributed by atoms with Crippen molar-refractivity contribution in [2.24, 2.45) is 5.73 Å². The second-order valence-electron chi connectivity index (χ2n) is 8.31. The number of hydrogen-bond acceptors (Lipinski definition) is 7. The summed E-state index contributed by atoms with van der Waals surface area (Å²) < 4.78 is 11.1. The summed E-state index contributed by atoms with van der Waals surface area (Å²) in [7, 11) is 3.16. The summed E-state index contributed by atoms with van der Waals surface area (Å²) in [5.74, 6) is 5.97. The van der Waals surface area contributed by atoms with Crippen LogP contribution in [0.1, 0.15) is 11.3 Å². The normalized spacial score (nSPS) is 10.6. The molecule has 9 nitrogen and oxygen atoms in total. The maximum absolute atomic E-state index is 13.1. The third-order valence-electron chi connectivity index (χ3n) is 6.03. The highest BCUT2D eigenvalue weighted by Gasteiger charge is 2.17. The predicted molar refractivity (Wildman–Crippen MR) is 146 cm³/mol. The number of rotatable bonds is 6. The molecule has 0 unspecified atom stereocenters. The number of primary amides is 1. The van der Waals surface area contributed by atoms with E-state index in [2.05, 4.69) is 27.1 Å². The minimum absolute atomic E-state index is 0.336. The number of pyridine rings is 3. The van der Waals surface area contributed by atoms with Crippen molar-refractivity contribution in [1.82, 2.24) is 15.0 Å². The van der Waals surface area contributed by atoms with E-state index in [4.69, 9.17) is 20.2 Å². The van der Waals surface area contributed by atoms with E-state index in [9.17, 15) is 9.59 Å². The number of anilines is 1. The molecule has 1 amide bonds. The van der Waals surface area contributed by atoms with Crippen LogP contribution >= 0.6 is 0 Å². The summed E-state index contributed by atoms with van der Waals surface area (Å²) in [6, 6.07) is 17.0. The van der Waals surface area contributed by atoms with Crippen LogP contribution in [0.25, 0.3) is 32.8 Å². The zero-order valence-electron chi connectivity index (χ0n) is 20.7. The van der Waals surface area contributed by atoms with Crippen molar-refractivity contribution in [2.75, 3.05) is 19.5 Å². The molecule has 3 aromatic heterocycles. The van der Waals surface area contributed by atoms with Gasteiger partial charge in [0.15, 0.2) is 11.5 Å². The number of aromatic nitrogens is 3. The second kappa shape index (κ2) is 10.3. The van der Waals surface area contributed by atoms with Crippen LogP contribution in [0, 0.1) is 11.8 Å². The monoisotopic (exact) mass is 505 g/mol. The van der Waals surface area contributed by atoms with Crippen molar-refractivity contribution in [3.63, 3.8) is 0 Å². The fourth-order valence-electron chi connectivity index (χ4n) is 4.33. The Morgan fingerprint density at radius 2 is 1.95 bits per heavy atom. The first-order valence-corrected chi connectivity index (χ1v) is 11.7. The first-order valence-electron chi connectivity index (χ1n) is 11.7. The Kier molecular flexibility index (Phi) is 6.61. The van der Waals surface area contributed by atoms with E-state index in [0.29, 0.717) is 45.7 Å². The summed E-state index contributed by atoms with van der Waals surface area (Å²) in [4.78, 5) is 36.3. The van der Waals surface area contributed by atoms with Crippen molar-refractivity contribution in [1.29, 1.82) is 0 Å². The molecular formula is C29H23N5O4. The number of ether oxygens (including phenoxy) is 2. The standard InChI is InChI=1S/C29H23N5O4/c1-37-23-8-5-7-20(27(23)38-2)17-9-11-21-22(14-17)25-26(18(10-12-24(30)35)15-33-29(25)36)34-28(21)32-16-19-6-3-4-13-31-19/h3-9,11,13-15H,16H2,1-2H3,(H2,30,35)(H,32,34)(H,33,36). The maximum atomic E-state index is 13.1. The Hall–Kier alpha value is -5.36. The molecule has 0 bridgehead atoms. The SMILES string of the molecule is COc1cccc(-c2ccc3c(NCc4ccccn4)nc4c(C#CC(N)=O)c[nH]c(=O)c4c3c2)c1OC. The number of H-pyrrole nitrogens is 1. The van der Waals surface area contributed by atoms with E-state index >= 15 is 0 Å². The summed E-state index contributed by atoms with van der Waals surface area (Å²) in [6.07, 6.45) is 3.14. The number of methoxy groups -OCH3 is 2. The fourth-order valence-corrected chi connectivity index (χ4v) is 4.33. The van der Waals surface area contributed by atoms with Crippen LogP contribution in [0.15, 0.2) is 71.8 Å². The topological polar surface area (TPSA) is 132 Å². The van der Waals surface area contributed by atoms with E-state index in [1.807, 2.05) is 54.6 Å². The Labute approximate surface area is 217 Å². The van der Waals surface area contributed by atoms with Gasteiger partial charge in [-0.25, -0.2) is 4.98 Å². The molecule has 0 aliphatic carbocycles. The van der Waals surface area contributed by atoms with E-state index in [-0.39, 0.29) is 5.56 Å². The van der Waals surface area contributed by atoms with Gasteiger partial charge in [-0.1, -0.05) is 36.3 Å². The van der Waals surface area contributed by atoms with Gasteiger partial charge >= 0.3 is 0 Å². The molecule has 4 N–H and O–H groups in total. The van der Waals surface area contributed by atoms with Gasteiger partial charge in [0.2, 0.25) is 0 Å². The van der Waals surface area contributed by atoms with Crippen LogP contribution in [-0.2, 0) is 11.3 Å². The number of carbonyl (C=O) groups is 1. The molecule has 5 aromatic rings. The molecule has 3 heterocycles. The minimum atomic E-state index is -0.786. The van der Waals surface area contributed by atoms with Gasteiger partial charge in [0.1, 0.15) is 5.82 Å². The van der Waals surface area contributed by atoms with Crippen LogP contribution in [0.2, 0.25) is 0 Å². The summed E-state index contributed by atoms with van der Waals surface area (Å²) >= 11 is 0. The lowest BCUT2D eigenvalue weighted by atomic mass is 9.98. The molecule has 0 radical (unpaired) electrons. The van der Waals surface area contributed by atoms with E-state index < -0.39 is 5.91 Å². The number of aromatic amines is 1. The van der Waals surface area contributed by atoms with Crippen LogP contribution in [0.4, 0.5) is 5.82 Å². The van der Waals surface area contributed by atoms with Gasteiger partial charge in [0.25, 0.3) is 11.5 Å². The lowest BCUT2D eigenvalue weighted by molar-refractivity contribution is -0.112. The van der Waals surface area contributed by atoms with Crippen LogP contribution in [-0.4, -0.2) is 35.1 Å². The minimum Gasteiger partial charge on any atom is -0.493 e. The van der Waals surface area contributed by atoms with Crippen LogP contribution in [0.5, 0.6) is 11.5 Å². The van der Waals surface area contributed by atoms with Gasteiger partial charge in [0.05, 0.1) is 42.9 Å². The molecule has 2 aromatic carbocycles. The number of benzene rings is 2. The molecular weight excluding hydrogens is 482 g/mol. The highest BCUT2D eigenvalue weighted by molar-refractivity contribution is 6.12. The molecule has 38 heavy (non-hydrogen) atoms. The van der Waals surface area contributed by atoms with Gasteiger partial charge in [-0.2, -0.15) is 0 Å². The summed E-state index contributed by atoms with van der Waals surface area (Å²) in [5.41, 5.74) is 8.03. The number of nitrogens with one attached hydrogen (secondary N) is 2. The molecule has 0 aliphatic rings. The van der Waals surface area contributed by atoms with E-state index in [1.165, 1.54) is 6.20 Å². The van der Waals surface area contributed by atoms with Crippen molar-refractivity contribution in [3.8, 4) is 34.5 Å². The molecule has 0 saturated carbocycles. The van der Waals surface area contributed by atoms with Crippen molar-refractivity contribution < 1.29 is 14.3 Å². The summed E-state index contributed by atoms with van der Waals surface area (Å²) in [5, 5.41) is 5.04. The average Bonchev–Trinajstić information content (AvgIpc) is 2.95. The number of carbonyl (C=O) groups excluding carboxylic acids is 1. The van der Waals surface area contributed by atoms with E-state index in [0.717, 1.165) is 22.2 Å². The molecule has 0 aliphatic heterocycles. The summed E-state index contributed by atoms with van der Waals surface area (Å²) in [6.45, 7) is 0.408. The third kappa shape index (κ3) is 4.58. The Morgan fingerprint density at radius 3 is 2.68 bits per heavy atom. The number of amides is 1. The van der Waals surface area contributed by atoms with Gasteiger partial charge < -0.3 is 25.5 Å². The van der Waals surface area contributed by atoms with Gasteiger partial charge in [-0.05, 0) is 29.8 Å². The zero-order valence-corrected chi connectivity index (χ0v) is 20.7. The van der Waals surface area contributed by atoms with Crippen molar-refractivity contribution in [3.05, 3.63) is 88.6 Å². The van der Waals surface area contributed by atoms with Crippen molar-refractivity contribution in [2.45, 2.75) is 6.54 Å². The molecule has 0 saturated heterocycles. The lowest BCUT2D eigenvalue weighted by Gasteiger charge is -2.15.